The zero-order chi connectivity index (χ0) is 27.4. The third-order valence-electron chi connectivity index (χ3n) is 7.21. The molecule has 0 N–H and O–H groups in total. The Morgan fingerprint density at radius 3 is 2.32 bits per heavy atom. The smallest absolute Gasteiger partial charge is 0.248 e. The molecule has 0 saturated carbocycles. The number of hydrogen-bond acceptors (Lipinski definition) is 6. The predicted octanol–water partition coefficient (Wildman–Crippen LogP) is 4.13. The van der Waals surface area contributed by atoms with Crippen molar-refractivity contribution in [1.82, 2.24) is 14.1 Å². The zero-order valence-corrected chi connectivity index (χ0v) is 24.4. The van der Waals surface area contributed by atoms with E-state index in [1.54, 1.807) is 44.1 Å². The number of sulfonamides is 1. The van der Waals surface area contributed by atoms with Crippen LogP contribution in [0.25, 0.3) is 0 Å². The van der Waals surface area contributed by atoms with Gasteiger partial charge in [-0.2, -0.15) is 4.31 Å². The molecule has 1 amide bonds. The lowest BCUT2D eigenvalue weighted by atomic mass is 10.1. The lowest BCUT2D eigenvalue weighted by Crippen LogP contribution is -2.49. The molecule has 2 fully saturated rings. The molecule has 2 aromatic rings. The van der Waals surface area contributed by atoms with Gasteiger partial charge in [0.25, 0.3) is 0 Å². The van der Waals surface area contributed by atoms with Gasteiger partial charge in [-0.1, -0.05) is 29.3 Å². The molecule has 0 aromatic heterocycles. The first-order valence-corrected chi connectivity index (χ1v) is 15.0. The van der Waals surface area contributed by atoms with Gasteiger partial charge < -0.3 is 14.4 Å². The standard InChI is InChI=1S/C27H35Cl2N3O5S/c1-19-13-23(36-3)14-20(2)27(19)38(34,35)32-8-4-5-22(32)17-37-18-26(33)31-11-9-30(10-12-31)16-21-6-7-24(28)25(29)15-21/h6-7,13-15,22H,4-5,8-12,16-18H2,1-3H3. The second-order valence-corrected chi connectivity index (χ2v) is 12.6. The van der Waals surface area contributed by atoms with Gasteiger partial charge in [-0.05, 0) is 67.6 Å². The Morgan fingerprint density at radius 2 is 1.68 bits per heavy atom. The summed E-state index contributed by atoms with van der Waals surface area (Å²) in [6, 6.07) is 8.82. The molecule has 2 heterocycles. The predicted molar refractivity (Wildman–Crippen MR) is 149 cm³/mol. The summed E-state index contributed by atoms with van der Waals surface area (Å²) in [4.78, 5) is 17.2. The van der Waals surface area contributed by atoms with Gasteiger partial charge >= 0.3 is 0 Å². The Morgan fingerprint density at radius 1 is 1.00 bits per heavy atom. The second kappa shape index (κ2) is 12.5. The van der Waals surface area contributed by atoms with Crippen molar-refractivity contribution < 1.29 is 22.7 Å². The minimum absolute atomic E-state index is 0.0578. The molecule has 4 rings (SSSR count). The van der Waals surface area contributed by atoms with Crippen molar-refractivity contribution in [2.75, 3.05) is 53.0 Å². The quantitative estimate of drug-likeness (QED) is 0.441. The largest absolute Gasteiger partial charge is 0.497 e. The number of carbonyl (C=O) groups excluding carboxylic acids is 1. The average molecular weight is 585 g/mol. The molecule has 2 aliphatic heterocycles. The van der Waals surface area contributed by atoms with Crippen LogP contribution >= 0.6 is 23.2 Å². The van der Waals surface area contributed by atoms with Crippen molar-refractivity contribution in [2.24, 2.45) is 0 Å². The monoisotopic (exact) mass is 583 g/mol. The number of aryl methyl sites for hydroxylation is 2. The highest BCUT2D eigenvalue weighted by Crippen LogP contribution is 2.32. The summed E-state index contributed by atoms with van der Waals surface area (Å²) >= 11 is 12.1. The summed E-state index contributed by atoms with van der Waals surface area (Å²) in [7, 11) is -2.14. The SMILES string of the molecule is COc1cc(C)c(S(=O)(=O)N2CCCC2COCC(=O)N2CCN(Cc3ccc(Cl)c(Cl)c3)CC2)c(C)c1. The maximum Gasteiger partial charge on any atom is 0.248 e. The molecule has 1 atom stereocenters. The van der Waals surface area contributed by atoms with Gasteiger partial charge in [0.15, 0.2) is 0 Å². The van der Waals surface area contributed by atoms with E-state index in [1.807, 2.05) is 12.1 Å². The lowest BCUT2D eigenvalue weighted by molar-refractivity contribution is -0.138. The van der Waals surface area contributed by atoms with E-state index < -0.39 is 10.0 Å². The van der Waals surface area contributed by atoms with E-state index in [2.05, 4.69) is 4.90 Å². The van der Waals surface area contributed by atoms with E-state index in [1.165, 1.54) is 4.31 Å². The highest BCUT2D eigenvalue weighted by Gasteiger charge is 2.37. The van der Waals surface area contributed by atoms with E-state index in [9.17, 15) is 13.2 Å². The van der Waals surface area contributed by atoms with Crippen LogP contribution in [0.3, 0.4) is 0 Å². The topological polar surface area (TPSA) is 79.4 Å². The molecular formula is C27H35Cl2N3O5S. The van der Waals surface area contributed by atoms with Gasteiger partial charge in [0.2, 0.25) is 15.9 Å². The number of piperazine rings is 1. The van der Waals surface area contributed by atoms with Crippen molar-refractivity contribution in [2.45, 2.75) is 44.2 Å². The maximum atomic E-state index is 13.6. The third kappa shape index (κ3) is 6.63. The van der Waals surface area contributed by atoms with Crippen molar-refractivity contribution in [3.8, 4) is 5.75 Å². The number of halogens is 2. The molecule has 1 unspecified atom stereocenters. The lowest BCUT2D eigenvalue weighted by Gasteiger charge is -2.35. The van der Waals surface area contributed by atoms with Gasteiger partial charge in [0.05, 0.1) is 28.7 Å². The maximum absolute atomic E-state index is 13.6. The minimum atomic E-state index is -3.70. The first-order valence-electron chi connectivity index (χ1n) is 12.8. The van der Waals surface area contributed by atoms with Crippen LogP contribution in [0.5, 0.6) is 5.75 Å². The number of hydrogen-bond donors (Lipinski definition) is 0. The fourth-order valence-corrected chi connectivity index (χ4v) is 7.68. The number of methoxy groups -OCH3 is 1. The minimum Gasteiger partial charge on any atom is -0.497 e. The molecule has 2 saturated heterocycles. The van der Waals surface area contributed by atoms with Crippen LogP contribution < -0.4 is 4.74 Å². The molecule has 0 aliphatic carbocycles. The van der Waals surface area contributed by atoms with Gasteiger partial charge in [-0.15, -0.1) is 0 Å². The van der Waals surface area contributed by atoms with E-state index in [-0.39, 0.29) is 25.2 Å². The van der Waals surface area contributed by atoms with E-state index in [4.69, 9.17) is 32.7 Å². The number of amides is 1. The molecule has 11 heteroatoms. The first-order chi connectivity index (χ1) is 18.1. The number of ether oxygens (including phenoxy) is 2. The number of nitrogens with zero attached hydrogens (tertiary/aromatic N) is 3. The van der Waals surface area contributed by atoms with Gasteiger partial charge in [-0.25, -0.2) is 8.42 Å². The van der Waals surface area contributed by atoms with Crippen LogP contribution in [0.4, 0.5) is 0 Å². The number of rotatable bonds is 9. The van der Waals surface area contributed by atoms with Gasteiger partial charge in [-0.3, -0.25) is 9.69 Å². The fraction of sp³-hybridized carbons (Fsp3) is 0.519. The molecule has 208 valence electrons. The Hall–Kier alpha value is -1.88. The van der Waals surface area contributed by atoms with E-state index >= 15 is 0 Å². The summed E-state index contributed by atoms with van der Waals surface area (Å²) < 4.78 is 39.7. The molecule has 8 nitrogen and oxygen atoms in total. The zero-order valence-electron chi connectivity index (χ0n) is 22.1. The third-order valence-corrected chi connectivity index (χ3v) is 10.2. The van der Waals surface area contributed by atoms with Crippen LogP contribution in [-0.2, 0) is 26.1 Å². The summed E-state index contributed by atoms with van der Waals surface area (Å²) in [6.45, 7) is 7.62. The number of carbonyl (C=O) groups is 1. The fourth-order valence-electron chi connectivity index (χ4n) is 5.27. The number of benzene rings is 2. The molecule has 2 aliphatic rings. The molecular weight excluding hydrogens is 549 g/mol. The van der Waals surface area contributed by atoms with Crippen molar-refractivity contribution in [1.29, 1.82) is 0 Å². The van der Waals surface area contributed by atoms with Crippen LogP contribution in [0, 0.1) is 13.8 Å². The van der Waals surface area contributed by atoms with Gasteiger partial charge in [0, 0.05) is 45.3 Å². The van der Waals surface area contributed by atoms with Gasteiger partial charge in [0.1, 0.15) is 12.4 Å². The van der Waals surface area contributed by atoms with Crippen LogP contribution in [0.2, 0.25) is 10.0 Å². The molecule has 0 spiro atoms. The molecule has 2 aromatic carbocycles. The van der Waals surface area contributed by atoms with E-state index in [0.29, 0.717) is 57.9 Å². The highest BCUT2D eigenvalue weighted by molar-refractivity contribution is 7.89. The highest BCUT2D eigenvalue weighted by atomic mass is 35.5. The van der Waals surface area contributed by atoms with E-state index in [0.717, 1.165) is 31.6 Å². The molecule has 0 radical (unpaired) electrons. The van der Waals surface area contributed by atoms with Crippen molar-refractivity contribution in [3.05, 3.63) is 57.1 Å². The summed E-state index contributed by atoms with van der Waals surface area (Å²) in [6.07, 6.45) is 1.46. The molecule has 38 heavy (non-hydrogen) atoms. The van der Waals surface area contributed by atoms with Crippen molar-refractivity contribution in [3.63, 3.8) is 0 Å². The van der Waals surface area contributed by atoms with Crippen LogP contribution in [0.15, 0.2) is 35.2 Å². The van der Waals surface area contributed by atoms with Crippen LogP contribution in [-0.4, -0.2) is 87.5 Å². The Kier molecular flexibility index (Phi) is 9.60. The first kappa shape index (κ1) is 29.1. The molecule has 0 bridgehead atoms. The Bertz CT molecular complexity index is 1240. The Labute approximate surface area is 235 Å². The van der Waals surface area contributed by atoms with Crippen LogP contribution in [0.1, 0.15) is 29.5 Å². The second-order valence-electron chi connectivity index (χ2n) is 9.92. The summed E-state index contributed by atoms with van der Waals surface area (Å²) in [5.74, 6) is 0.558. The Balaban J connectivity index is 1.27. The summed E-state index contributed by atoms with van der Waals surface area (Å²) in [5, 5.41) is 1.08. The normalized spacial score (nSPS) is 19.2. The van der Waals surface area contributed by atoms with Crippen molar-refractivity contribution >= 4 is 39.1 Å². The average Bonchev–Trinajstić information content (AvgIpc) is 3.35. The summed E-state index contributed by atoms with van der Waals surface area (Å²) in [5.41, 5.74) is 2.39.